The molecule has 1 heterocycles. The molecule has 0 bridgehead atoms. The number of carbonyl (C=O) groups excluding carboxylic acids is 2. The van der Waals surface area contributed by atoms with Crippen molar-refractivity contribution in [3.63, 3.8) is 0 Å². The van der Waals surface area contributed by atoms with Crippen LogP contribution in [-0.2, 0) is 39.8 Å². The smallest absolute Gasteiger partial charge is 0.338 e. The summed E-state index contributed by atoms with van der Waals surface area (Å²) in [6, 6.07) is 18.1. The molecule has 0 aliphatic carbocycles. The highest BCUT2D eigenvalue weighted by Crippen LogP contribution is 2.30. The van der Waals surface area contributed by atoms with Gasteiger partial charge in [0.05, 0.1) is 31.5 Å². The number of esters is 2. The van der Waals surface area contributed by atoms with Crippen LogP contribution in [0.15, 0.2) is 73.3 Å². The van der Waals surface area contributed by atoms with Crippen molar-refractivity contribution in [3.05, 3.63) is 84.4 Å². The second kappa shape index (κ2) is 15.4. The van der Waals surface area contributed by atoms with Crippen LogP contribution in [0.2, 0.25) is 0 Å². The van der Waals surface area contributed by atoms with Crippen LogP contribution in [0.5, 0.6) is 0 Å². The Labute approximate surface area is 223 Å². The van der Waals surface area contributed by atoms with Crippen LogP contribution in [0.3, 0.4) is 0 Å². The molecule has 9 heteroatoms. The zero-order valence-electron chi connectivity index (χ0n) is 21.8. The molecule has 2 aromatic rings. The Morgan fingerprint density at radius 1 is 1.03 bits per heavy atom. The first-order valence-corrected chi connectivity index (χ1v) is 12.6. The van der Waals surface area contributed by atoms with Gasteiger partial charge in [-0.2, -0.15) is 0 Å². The maximum absolute atomic E-state index is 13.1. The lowest BCUT2D eigenvalue weighted by molar-refractivity contribution is -0.305. The van der Waals surface area contributed by atoms with E-state index in [9.17, 15) is 14.7 Å². The predicted octanol–water partition coefficient (Wildman–Crippen LogP) is 3.44. The van der Waals surface area contributed by atoms with Crippen molar-refractivity contribution < 1.29 is 43.1 Å². The fourth-order valence-corrected chi connectivity index (χ4v) is 4.00. The lowest BCUT2D eigenvalue weighted by Gasteiger charge is -2.44. The topological polar surface area (TPSA) is 110 Å². The summed E-state index contributed by atoms with van der Waals surface area (Å²) in [5.74, 6) is -1.19. The zero-order chi connectivity index (χ0) is 27.3. The first-order valence-electron chi connectivity index (χ1n) is 12.6. The molecule has 1 aliphatic rings. The minimum Gasteiger partial charge on any atom is -0.455 e. The zero-order valence-corrected chi connectivity index (χ0v) is 21.8. The van der Waals surface area contributed by atoms with Gasteiger partial charge in [0.2, 0.25) is 0 Å². The van der Waals surface area contributed by atoms with Crippen molar-refractivity contribution in [2.75, 3.05) is 20.3 Å². The summed E-state index contributed by atoms with van der Waals surface area (Å²) in [4.78, 5) is 25.9. The van der Waals surface area contributed by atoms with Crippen LogP contribution >= 0.6 is 0 Å². The number of ether oxygens (including phenoxy) is 6. The number of methoxy groups -OCH3 is 1. The summed E-state index contributed by atoms with van der Waals surface area (Å²) in [5.41, 5.74) is 1.28. The number of rotatable bonds is 14. The molecule has 1 N–H and O–H groups in total. The Morgan fingerprint density at radius 2 is 1.71 bits per heavy atom. The second-order valence-corrected chi connectivity index (χ2v) is 8.94. The van der Waals surface area contributed by atoms with Gasteiger partial charge in [-0.3, -0.25) is 4.79 Å². The Bertz CT molecular complexity index is 996. The minimum absolute atomic E-state index is 0.0252. The molecule has 1 unspecified atom stereocenters. The number of benzene rings is 2. The molecule has 206 valence electrons. The number of hydrogen-bond donors (Lipinski definition) is 1. The van der Waals surface area contributed by atoms with E-state index in [4.69, 9.17) is 28.4 Å². The molecule has 2 aromatic carbocycles. The van der Waals surface area contributed by atoms with Crippen LogP contribution in [0.1, 0.15) is 35.7 Å². The molecule has 3 rings (SSSR count). The molecule has 1 aliphatic heterocycles. The Morgan fingerprint density at radius 3 is 2.34 bits per heavy atom. The lowest BCUT2D eigenvalue weighted by Crippen LogP contribution is -2.62. The van der Waals surface area contributed by atoms with Gasteiger partial charge < -0.3 is 33.5 Å². The Kier molecular flexibility index (Phi) is 11.9. The van der Waals surface area contributed by atoms with Crippen molar-refractivity contribution >= 4 is 11.9 Å². The van der Waals surface area contributed by atoms with Crippen LogP contribution in [-0.4, -0.2) is 74.2 Å². The van der Waals surface area contributed by atoms with E-state index >= 15 is 0 Å². The monoisotopic (exact) mass is 528 g/mol. The molecule has 9 nitrogen and oxygen atoms in total. The van der Waals surface area contributed by atoms with Gasteiger partial charge in [-0.15, -0.1) is 6.58 Å². The van der Waals surface area contributed by atoms with Crippen LogP contribution in [0, 0.1) is 0 Å². The highest BCUT2D eigenvalue weighted by Gasteiger charge is 2.51. The fourth-order valence-electron chi connectivity index (χ4n) is 4.00. The van der Waals surface area contributed by atoms with Gasteiger partial charge in [0.15, 0.2) is 18.5 Å². The second-order valence-electron chi connectivity index (χ2n) is 8.94. The van der Waals surface area contributed by atoms with Crippen molar-refractivity contribution in [2.45, 2.75) is 63.2 Å². The molecule has 0 radical (unpaired) electrons. The van der Waals surface area contributed by atoms with Gasteiger partial charge in [-0.05, 0) is 31.0 Å². The van der Waals surface area contributed by atoms with E-state index in [0.717, 1.165) is 5.56 Å². The van der Waals surface area contributed by atoms with E-state index in [-0.39, 0.29) is 26.1 Å². The third kappa shape index (κ3) is 8.75. The molecule has 0 amide bonds. The van der Waals surface area contributed by atoms with Crippen molar-refractivity contribution in [3.8, 4) is 0 Å². The normalized spacial score (nSPS) is 23.8. The van der Waals surface area contributed by atoms with E-state index in [0.29, 0.717) is 12.2 Å². The number of aliphatic hydroxyl groups excluding tert-OH is 1. The predicted molar refractivity (Wildman–Crippen MR) is 138 cm³/mol. The van der Waals surface area contributed by atoms with Crippen molar-refractivity contribution in [1.82, 2.24) is 0 Å². The SMILES string of the molecule is C=CCO[C@H]1[C@@H](OC)O[C@H](COCc2ccccc2)[C@@H](OC(=O)c2ccccc2)[C@@H]1OC(=O)CCC(C)O. The van der Waals surface area contributed by atoms with Gasteiger partial charge >= 0.3 is 11.9 Å². The summed E-state index contributed by atoms with van der Waals surface area (Å²) in [6.07, 6.45) is -3.81. The van der Waals surface area contributed by atoms with Gasteiger partial charge in [-0.1, -0.05) is 54.6 Å². The lowest BCUT2D eigenvalue weighted by atomic mass is 9.98. The molecule has 0 spiro atoms. The summed E-state index contributed by atoms with van der Waals surface area (Å²) in [5, 5.41) is 9.62. The third-order valence-corrected chi connectivity index (χ3v) is 5.91. The van der Waals surface area contributed by atoms with E-state index < -0.39 is 48.7 Å². The Balaban J connectivity index is 1.87. The molecule has 1 fully saturated rings. The van der Waals surface area contributed by atoms with Crippen LogP contribution < -0.4 is 0 Å². The van der Waals surface area contributed by atoms with E-state index in [1.807, 2.05) is 30.3 Å². The highest BCUT2D eigenvalue weighted by molar-refractivity contribution is 5.89. The van der Waals surface area contributed by atoms with Crippen molar-refractivity contribution in [1.29, 1.82) is 0 Å². The Hall–Kier alpha value is -3.08. The number of carbonyl (C=O) groups is 2. The highest BCUT2D eigenvalue weighted by atomic mass is 16.7. The number of aliphatic hydroxyl groups is 1. The molecule has 38 heavy (non-hydrogen) atoms. The maximum atomic E-state index is 13.1. The minimum atomic E-state index is -1.08. The molecule has 0 saturated carbocycles. The van der Waals surface area contributed by atoms with Gasteiger partial charge in [0.25, 0.3) is 0 Å². The molecular formula is C29H36O9. The average molecular weight is 529 g/mol. The summed E-state index contributed by atoms with van der Waals surface area (Å²) >= 11 is 0. The standard InChI is InChI=1S/C29H36O9/c1-4-17-35-27-26(37-24(31)16-15-20(2)30)25(38-28(32)22-13-9-6-10-14-22)23(36-29(27)33-3)19-34-18-21-11-7-5-8-12-21/h4-14,20,23,25-27,29-30H,1,15-19H2,2-3H3/t20?,23-,25-,26+,27-,29+/m1/s1. The fraction of sp³-hybridized carbons (Fsp3) is 0.448. The van der Waals surface area contributed by atoms with E-state index in [2.05, 4.69) is 6.58 Å². The maximum Gasteiger partial charge on any atom is 0.338 e. The van der Waals surface area contributed by atoms with Gasteiger partial charge in [0.1, 0.15) is 12.2 Å². The molecule has 1 saturated heterocycles. The number of hydrogen-bond acceptors (Lipinski definition) is 9. The van der Waals surface area contributed by atoms with Gasteiger partial charge in [0, 0.05) is 13.5 Å². The first-order chi connectivity index (χ1) is 18.4. The molecule has 0 aromatic heterocycles. The summed E-state index contributed by atoms with van der Waals surface area (Å²) in [6.45, 7) is 5.70. The van der Waals surface area contributed by atoms with E-state index in [1.54, 1.807) is 43.3 Å². The summed E-state index contributed by atoms with van der Waals surface area (Å²) < 4.78 is 35.2. The largest absolute Gasteiger partial charge is 0.455 e. The quantitative estimate of drug-likeness (QED) is 0.291. The van der Waals surface area contributed by atoms with Gasteiger partial charge in [-0.25, -0.2) is 4.79 Å². The van der Waals surface area contributed by atoms with Crippen LogP contribution in [0.4, 0.5) is 0 Å². The van der Waals surface area contributed by atoms with E-state index in [1.165, 1.54) is 7.11 Å². The van der Waals surface area contributed by atoms with Crippen molar-refractivity contribution in [2.24, 2.45) is 0 Å². The third-order valence-electron chi connectivity index (χ3n) is 5.91. The average Bonchev–Trinajstić information content (AvgIpc) is 2.93. The molecule has 6 atom stereocenters. The summed E-state index contributed by atoms with van der Waals surface area (Å²) in [7, 11) is 1.44. The first kappa shape index (κ1) is 29.5. The molecular weight excluding hydrogens is 492 g/mol. The van der Waals surface area contributed by atoms with Crippen LogP contribution in [0.25, 0.3) is 0 Å².